The van der Waals surface area contributed by atoms with E-state index in [1.54, 1.807) is 35.0 Å². The van der Waals surface area contributed by atoms with E-state index in [4.69, 9.17) is 16.3 Å². The predicted molar refractivity (Wildman–Crippen MR) is 102 cm³/mol. The topological polar surface area (TPSA) is 81.9 Å². The Balaban J connectivity index is 1.55. The molecule has 7 nitrogen and oxygen atoms in total. The summed E-state index contributed by atoms with van der Waals surface area (Å²) < 4.78 is 7.41. The molecule has 0 aliphatic carbocycles. The van der Waals surface area contributed by atoms with Crippen molar-refractivity contribution in [3.05, 3.63) is 70.5 Å². The number of nitrogens with one attached hydrogen (secondary N) is 1. The van der Waals surface area contributed by atoms with Crippen LogP contribution in [0, 0.1) is 0 Å². The van der Waals surface area contributed by atoms with E-state index in [1.807, 2.05) is 32.0 Å². The quantitative estimate of drug-likeness (QED) is 0.673. The zero-order valence-electron chi connectivity index (χ0n) is 15.1. The van der Waals surface area contributed by atoms with Crippen LogP contribution < -0.4 is 10.1 Å². The van der Waals surface area contributed by atoms with Crippen LogP contribution in [0.5, 0.6) is 5.75 Å². The number of benzene rings is 2. The van der Waals surface area contributed by atoms with E-state index >= 15 is 0 Å². The van der Waals surface area contributed by atoms with Crippen molar-refractivity contribution >= 4 is 17.5 Å². The number of carbonyl (C=O) groups is 1. The van der Waals surface area contributed by atoms with Crippen LogP contribution in [0.15, 0.2) is 48.5 Å². The van der Waals surface area contributed by atoms with E-state index in [9.17, 15) is 4.79 Å². The summed E-state index contributed by atoms with van der Waals surface area (Å²) >= 11 is 5.95. The van der Waals surface area contributed by atoms with Gasteiger partial charge in [0.1, 0.15) is 12.4 Å². The van der Waals surface area contributed by atoms with Crippen molar-refractivity contribution in [1.82, 2.24) is 25.5 Å². The number of tetrazole rings is 1. The molecule has 0 atom stereocenters. The third-order valence-corrected chi connectivity index (χ3v) is 4.11. The SMILES string of the molecule is CC(C)n1nnnc1COc1ccc(C(=O)NCc2cccc(Cl)c2)cc1. The molecule has 0 fully saturated rings. The maximum atomic E-state index is 12.3. The Morgan fingerprint density at radius 3 is 2.70 bits per heavy atom. The van der Waals surface area contributed by atoms with E-state index in [0.717, 1.165) is 5.56 Å². The van der Waals surface area contributed by atoms with E-state index in [2.05, 4.69) is 20.8 Å². The summed E-state index contributed by atoms with van der Waals surface area (Å²) in [6.07, 6.45) is 0. The standard InChI is InChI=1S/C19H20ClN5O2/c1-13(2)25-18(22-23-24-25)12-27-17-8-6-15(7-9-17)19(26)21-11-14-4-3-5-16(20)10-14/h3-10,13H,11-12H2,1-2H3,(H,21,26). The van der Waals surface area contributed by atoms with Gasteiger partial charge in [-0.3, -0.25) is 4.79 Å². The Morgan fingerprint density at radius 2 is 2.00 bits per heavy atom. The number of ether oxygens (including phenoxy) is 1. The summed E-state index contributed by atoms with van der Waals surface area (Å²) in [4.78, 5) is 12.3. The minimum absolute atomic E-state index is 0.157. The zero-order chi connectivity index (χ0) is 19.2. The molecule has 0 unspecified atom stereocenters. The van der Waals surface area contributed by atoms with Crippen molar-refractivity contribution in [3.8, 4) is 5.75 Å². The predicted octanol–water partition coefficient (Wildman–Crippen LogP) is 3.42. The number of halogens is 1. The maximum absolute atomic E-state index is 12.3. The van der Waals surface area contributed by atoms with Gasteiger partial charge in [0.25, 0.3) is 5.91 Å². The van der Waals surface area contributed by atoms with Gasteiger partial charge in [0.05, 0.1) is 6.04 Å². The first-order chi connectivity index (χ1) is 13.0. The molecule has 0 saturated heterocycles. The number of nitrogens with zero attached hydrogens (tertiary/aromatic N) is 4. The molecule has 0 bridgehead atoms. The molecular weight excluding hydrogens is 366 g/mol. The Morgan fingerprint density at radius 1 is 1.22 bits per heavy atom. The lowest BCUT2D eigenvalue weighted by Gasteiger charge is -2.10. The molecule has 0 aliphatic heterocycles. The molecule has 27 heavy (non-hydrogen) atoms. The van der Waals surface area contributed by atoms with Crippen LogP contribution >= 0.6 is 11.6 Å². The smallest absolute Gasteiger partial charge is 0.251 e. The van der Waals surface area contributed by atoms with Crippen LogP contribution in [0.2, 0.25) is 5.02 Å². The largest absolute Gasteiger partial charge is 0.486 e. The van der Waals surface area contributed by atoms with Gasteiger partial charge in [-0.2, -0.15) is 0 Å². The molecule has 0 aliphatic rings. The highest BCUT2D eigenvalue weighted by atomic mass is 35.5. The minimum Gasteiger partial charge on any atom is -0.486 e. The lowest BCUT2D eigenvalue weighted by molar-refractivity contribution is 0.0951. The second kappa shape index (κ2) is 8.64. The third-order valence-electron chi connectivity index (χ3n) is 3.88. The maximum Gasteiger partial charge on any atom is 0.251 e. The Labute approximate surface area is 162 Å². The average molecular weight is 386 g/mol. The minimum atomic E-state index is -0.162. The zero-order valence-corrected chi connectivity index (χ0v) is 15.8. The van der Waals surface area contributed by atoms with Gasteiger partial charge in [0.2, 0.25) is 0 Å². The summed E-state index contributed by atoms with van der Waals surface area (Å²) in [6, 6.07) is 14.5. The molecule has 1 aromatic heterocycles. The second-order valence-electron chi connectivity index (χ2n) is 6.26. The number of rotatable bonds is 7. The van der Waals surface area contributed by atoms with Crippen LogP contribution in [-0.4, -0.2) is 26.1 Å². The van der Waals surface area contributed by atoms with Gasteiger partial charge in [0, 0.05) is 17.1 Å². The molecule has 3 rings (SSSR count). The number of carbonyl (C=O) groups excluding carboxylic acids is 1. The highest BCUT2D eigenvalue weighted by Crippen LogP contribution is 2.15. The van der Waals surface area contributed by atoms with Crippen molar-refractivity contribution in [2.45, 2.75) is 33.0 Å². The Kier molecular flexibility index (Phi) is 6.03. The van der Waals surface area contributed by atoms with Crippen molar-refractivity contribution in [1.29, 1.82) is 0 Å². The van der Waals surface area contributed by atoms with Gasteiger partial charge in [0.15, 0.2) is 5.82 Å². The van der Waals surface area contributed by atoms with E-state index in [0.29, 0.717) is 28.7 Å². The molecule has 140 valence electrons. The summed E-state index contributed by atoms with van der Waals surface area (Å²) in [5.41, 5.74) is 1.50. The van der Waals surface area contributed by atoms with Crippen molar-refractivity contribution in [2.75, 3.05) is 0 Å². The lowest BCUT2D eigenvalue weighted by atomic mass is 10.2. The van der Waals surface area contributed by atoms with E-state index < -0.39 is 0 Å². The normalized spacial score (nSPS) is 10.8. The highest BCUT2D eigenvalue weighted by Gasteiger charge is 2.10. The fraction of sp³-hybridized carbons (Fsp3) is 0.263. The van der Waals surface area contributed by atoms with E-state index in [1.165, 1.54) is 0 Å². The molecule has 1 amide bonds. The van der Waals surface area contributed by atoms with Crippen LogP contribution in [0.3, 0.4) is 0 Å². The van der Waals surface area contributed by atoms with Crippen LogP contribution in [0.25, 0.3) is 0 Å². The Bertz CT molecular complexity index is 908. The van der Waals surface area contributed by atoms with Crippen LogP contribution in [-0.2, 0) is 13.2 Å². The van der Waals surface area contributed by atoms with Gasteiger partial charge >= 0.3 is 0 Å². The molecule has 3 aromatic rings. The summed E-state index contributed by atoms with van der Waals surface area (Å²) in [6.45, 7) is 4.66. The van der Waals surface area contributed by atoms with Crippen molar-refractivity contribution in [3.63, 3.8) is 0 Å². The third kappa shape index (κ3) is 5.04. The molecule has 8 heteroatoms. The van der Waals surface area contributed by atoms with Crippen LogP contribution in [0.4, 0.5) is 0 Å². The van der Waals surface area contributed by atoms with Crippen molar-refractivity contribution < 1.29 is 9.53 Å². The monoisotopic (exact) mass is 385 g/mol. The van der Waals surface area contributed by atoms with Gasteiger partial charge < -0.3 is 10.1 Å². The molecule has 2 aromatic carbocycles. The summed E-state index contributed by atoms with van der Waals surface area (Å²) in [5.74, 6) is 1.12. The fourth-order valence-corrected chi connectivity index (χ4v) is 2.70. The van der Waals surface area contributed by atoms with Crippen molar-refractivity contribution in [2.24, 2.45) is 0 Å². The average Bonchev–Trinajstić information content (AvgIpc) is 3.14. The molecular formula is C19H20ClN5O2. The number of hydrogen-bond donors (Lipinski definition) is 1. The lowest BCUT2D eigenvalue weighted by Crippen LogP contribution is -2.22. The van der Waals surface area contributed by atoms with Gasteiger partial charge in [-0.15, -0.1) is 5.10 Å². The first-order valence-corrected chi connectivity index (χ1v) is 8.93. The molecule has 1 heterocycles. The number of aromatic nitrogens is 4. The molecule has 0 radical (unpaired) electrons. The summed E-state index contributed by atoms with van der Waals surface area (Å²) in [5, 5.41) is 15.1. The van der Waals surface area contributed by atoms with Gasteiger partial charge in [-0.1, -0.05) is 23.7 Å². The summed E-state index contributed by atoms with van der Waals surface area (Å²) in [7, 11) is 0. The molecule has 1 N–H and O–H groups in total. The first kappa shape index (κ1) is 18.8. The van der Waals surface area contributed by atoms with Gasteiger partial charge in [-0.05, 0) is 66.2 Å². The molecule has 0 saturated carbocycles. The number of hydrogen-bond acceptors (Lipinski definition) is 5. The Hall–Kier alpha value is -2.93. The van der Waals surface area contributed by atoms with Gasteiger partial charge in [-0.25, -0.2) is 4.68 Å². The first-order valence-electron chi connectivity index (χ1n) is 8.55. The fourth-order valence-electron chi connectivity index (χ4n) is 2.49. The highest BCUT2D eigenvalue weighted by molar-refractivity contribution is 6.30. The van der Waals surface area contributed by atoms with Crippen LogP contribution in [0.1, 0.15) is 41.6 Å². The second-order valence-corrected chi connectivity index (χ2v) is 6.70. The number of amides is 1. The molecule has 0 spiro atoms. The van der Waals surface area contributed by atoms with E-state index in [-0.39, 0.29) is 18.6 Å².